The Hall–Kier alpha value is -0.620. The van der Waals surface area contributed by atoms with Gasteiger partial charge in [0.2, 0.25) is 0 Å². The number of nitrogens with zero attached hydrogens (tertiary/aromatic N) is 2. The van der Waals surface area contributed by atoms with Gasteiger partial charge in [0.25, 0.3) is 0 Å². The average molecular weight is 290 g/mol. The summed E-state index contributed by atoms with van der Waals surface area (Å²) in [6, 6.07) is 1.84. The van der Waals surface area contributed by atoms with Gasteiger partial charge in [-0.1, -0.05) is 0 Å². The van der Waals surface area contributed by atoms with Crippen molar-refractivity contribution in [1.29, 1.82) is 0 Å². The molecule has 4 nitrogen and oxygen atoms in total. The Morgan fingerprint density at radius 1 is 1.47 bits per heavy atom. The molecule has 0 unspecified atom stereocenters. The van der Waals surface area contributed by atoms with E-state index in [9.17, 15) is 4.21 Å². The standard InChI is InChI=1S/C9H12BrN3OS/c10-8-5-7(11)6-12-9(8)13-1-3-15(14)4-2-13/h5-6H,1-4,11H2. The van der Waals surface area contributed by atoms with Crippen molar-refractivity contribution in [2.45, 2.75) is 0 Å². The number of aromatic nitrogens is 1. The zero-order valence-electron chi connectivity index (χ0n) is 8.15. The van der Waals surface area contributed by atoms with Gasteiger partial charge in [-0.15, -0.1) is 0 Å². The van der Waals surface area contributed by atoms with E-state index in [4.69, 9.17) is 5.73 Å². The first-order valence-corrected chi connectivity index (χ1v) is 6.96. The van der Waals surface area contributed by atoms with E-state index < -0.39 is 10.8 Å². The van der Waals surface area contributed by atoms with Crippen molar-refractivity contribution in [3.63, 3.8) is 0 Å². The van der Waals surface area contributed by atoms with Crippen molar-refractivity contribution < 1.29 is 4.21 Å². The second-order valence-electron chi connectivity index (χ2n) is 3.41. The minimum absolute atomic E-state index is 0.645. The number of nitrogens with two attached hydrogens (primary N) is 1. The summed E-state index contributed by atoms with van der Waals surface area (Å²) >= 11 is 3.44. The van der Waals surface area contributed by atoms with Gasteiger partial charge < -0.3 is 10.6 Å². The third-order valence-electron chi connectivity index (χ3n) is 2.32. The van der Waals surface area contributed by atoms with Gasteiger partial charge in [-0.2, -0.15) is 0 Å². The quantitative estimate of drug-likeness (QED) is 0.838. The summed E-state index contributed by atoms with van der Waals surface area (Å²) in [7, 11) is -0.655. The molecule has 82 valence electrons. The third kappa shape index (κ3) is 2.49. The van der Waals surface area contributed by atoms with Crippen molar-refractivity contribution in [3.05, 3.63) is 16.7 Å². The van der Waals surface area contributed by atoms with Crippen LogP contribution < -0.4 is 10.6 Å². The molecule has 0 aliphatic carbocycles. The van der Waals surface area contributed by atoms with Crippen molar-refractivity contribution >= 4 is 38.2 Å². The van der Waals surface area contributed by atoms with Crippen LogP contribution in [-0.2, 0) is 10.8 Å². The van der Waals surface area contributed by atoms with Gasteiger partial charge in [-0.05, 0) is 22.0 Å². The maximum absolute atomic E-state index is 11.2. The van der Waals surface area contributed by atoms with Gasteiger partial charge in [0.05, 0.1) is 16.4 Å². The molecule has 0 aromatic carbocycles. The second-order valence-corrected chi connectivity index (χ2v) is 5.96. The summed E-state index contributed by atoms with van der Waals surface area (Å²) < 4.78 is 12.1. The average Bonchev–Trinajstić information content (AvgIpc) is 2.20. The molecule has 2 N–H and O–H groups in total. The highest BCUT2D eigenvalue weighted by Crippen LogP contribution is 2.26. The van der Waals surface area contributed by atoms with E-state index in [1.165, 1.54) is 0 Å². The third-order valence-corrected chi connectivity index (χ3v) is 4.18. The topological polar surface area (TPSA) is 59.2 Å². The van der Waals surface area contributed by atoms with Crippen LogP contribution in [0.1, 0.15) is 0 Å². The molecule has 0 spiro atoms. The fraction of sp³-hybridized carbons (Fsp3) is 0.444. The molecule has 0 amide bonds. The molecule has 1 fully saturated rings. The Bertz CT molecular complexity index is 389. The first-order chi connectivity index (χ1) is 7.16. The monoisotopic (exact) mass is 289 g/mol. The molecule has 15 heavy (non-hydrogen) atoms. The van der Waals surface area contributed by atoms with E-state index in [0.29, 0.717) is 5.69 Å². The van der Waals surface area contributed by atoms with E-state index in [1.54, 1.807) is 6.20 Å². The molecule has 0 radical (unpaired) electrons. The molecule has 2 rings (SSSR count). The lowest BCUT2D eigenvalue weighted by molar-refractivity contribution is 0.672. The second kappa shape index (κ2) is 4.49. The Balaban J connectivity index is 2.19. The van der Waals surface area contributed by atoms with Gasteiger partial charge in [-0.25, -0.2) is 4.98 Å². The summed E-state index contributed by atoms with van der Waals surface area (Å²) in [5, 5.41) is 0. The summed E-state index contributed by atoms with van der Waals surface area (Å²) in [5.74, 6) is 2.33. The number of nitrogen functional groups attached to an aromatic ring is 1. The van der Waals surface area contributed by atoms with Crippen LogP contribution in [0.15, 0.2) is 16.7 Å². The lowest BCUT2D eigenvalue weighted by Crippen LogP contribution is -2.38. The maximum Gasteiger partial charge on any atom is 0.143 e. The van der Waals surface area contributed by atoms with E-state index in [0.717, 1.165) is 34.9 Å². The van der Waals surface area contributed by atoms with Gasteiger partial charge in [-0.3, -0.25) is 4.21 Å². The van der Waals surface area contributed by atoms with E-state index >= 15 is 0 Å². The smallest absolute Gasteiger partial charge is 0.143 e. The molecule has 0 bridgehead atoms. The molecule has 1 saturated heterocycles. The molecule has 0 saturated carbocycles. The number of hydrogen-bond donors (Lipinski definition) is 1. The Labute approximate surface area is 99.4 Å². The Morgan fingerprint density at radius 3 is 2.73 bits per heavy atom. The molecule has 1 aromatic rings. The van der Waals surface area contributed by atoms with Crippen LogP contribution >= 0.6 is 15.9 Å². The molecule has 1 aromatic heterocycles. The van der Waals surface area contributed by atoms with E-state index in [1.807, 2.05) is 6.07 Å². The van der Waals surface area contributed by atoms with Crippen LogP contribution in [0.3, 0.4) is 0 Å². The largest absolute Gasteiger partial charge is 0.397 e. The number of pyridine rings is 1. The number of halogens is 1. The van der Waals surface area contributed by atoms with Crippen molar-refractivity contribution in [1.82, 2.24) is 4.98 Å². The van der Waals surface area contributed by atoms with E-state index in [2.05, 4.69) is 25.8 Å². The van der Waals surface area contributed by atoms with Crippen LogP contribution in [0.4, 0.5) is 11.5 Å². The maximum atomic E-state index is 11.2. The van der Waals surface area contributed by atoms with Crippen LogP contribution in [0.25, 0.3) is 0 Å². The molecule has 0 atom stereocenters. The summed E-state index contributed by atoms with van der Waals surface area (Å²) in [5.41, 5.74) is 6.26. The molecule has 6 heteroatoms. The van der Waals surface area contributed by atoms with Crippen LogP contribution in [0.2, 0.25) is 0 Å². The van der Waals surface area contributed by atoms with Gasteiger partial charge in [0.1, 0.15) is 5.82 Å². The van der Waals surface area contributed by atoms with Crippen LogP contribution in [0.5, 0.6) is 0 Å². The zero-order valence-corrected chi connectivity index (χ0v) is 10.6. The Morgan fingerprint density at radius 2 is 2.13 bits per heavy atom. The van der Waals surface area contributed by atoms with Gasteiger partial charge >= 0.3 is 0 Å². The van der Waals surface area contributed by atoms with Crippen molar-refractivity contribution in [2.24, 2.45) is 0 Å². The fourth-order valence-corrected chi connectivity index (χ4v) is 3.20. The number of rotatable bonds is 1. The highest BCUT2D eigenvalue weighted by molar-refractivity contribution is 9.10. The van der Waals surface area contributed by atoms with Crippen molar-refractivity contribution in [2.75, 3.05) is 35.2 Å². The minimum Gasteiger partial charge on any atom is -0.397 e. The molecule has 2 heterocycles. The summed E-state index contributed by atoms with van der Waals surface area (Å²) in [6.07, 6.45) is 1.64. The van der Waals surface area contributed by atoms with E-state index in [-0.39, 0.29) is 0 Å². The lowest BCUT2D eigenvalue weighted by Gasteiger charge is -2.28. The fourth-order valence-electron chi connectivity index (χ4n) is 1.53. The molecule has 1 aliphatic heterocycles. The normalized spacial score (nSPS) is 18.1. The van der Waals surface area contributed by atoms with Gasteiger partial charge in [0, 0.05) is 35.4 Å². The number of anilines is 2. The van der Waals surface area contributed by atoms with Crippen LogP contribution in [-0.4, -0.2) is 33.8 Å². The lowest BCUT2D eigenvalue weighted by atomic mass is 10.4. The predicted octanol–water partition coefficient (Wildman–Crippen LogP) is 0.995. The van der Waals surface area contributed by atoms with Gasteiger partial charge in [0.15, 0.2) is 0 Å². The molecule has 1 aliphatic rings. The first-order valence-electron chi connectivity index (χ1n) is 4.68. The highest BCUT2D eigenvalue weighted by atomic mass is 79.9. The van der Waals surface area contributed by atoms with Crippen LogP contribution in [0, 0.1) is 0 Å². The number of hydrogen-bond acceptors (Lipinski definition) is 4. The SMILES string of the molecule is Nc1cnc(N2CCS(=O)CC2)c(Br)c1. The predicted molar refractivity (Wildman–Crippen MR) is 66.4 cm³/mol. The zero-order chi connectivity index (χ0) is 10.8. The summed E-state index contributed by atoms with van der Waals surface area (Å²) in [4.78, 5) is 6.41. The van der Waals surface area contributed by atoms with Crippen molar-refractivity contribution in [3.8, 4) is 0 Å². The summed E-state index contributed by atoms with van der Waals surface area (Å²) in [6.45, 7) is 1.59. The molecular weight excluding hydrogens is 278 g/mol. The molecular formula is C9H12BrN3OS. The highest BCUT2D eigenvalue weighted by Gasteiger charge is 2.18. The Kier molecular flexibility index (Phi) is 3.25. The first kappa shape index (κ1) is 10.9. The minimum atomic E-state index is -0.655.